The van der Waals surface area contributed by atoms with Gasteiger partial charge in [-0.3, -0.25) is 4.79 Å². The van der Waals surface area contributed by atoms with E-state index in [9.17, 15) is 4.79 Å². The molecule has 0 bridgehead atoms. The minimum absolute atomic E-state index is 0.0697. The highest BCUT2D eigenvalue weighted by Crippen LogP contribution is 2.10. The number of aromatic amines is 1. The minimum Gasteiger partial charge on any atom is -0.477 e. The molecule has 1 aromatic rings. The monoisotopic (exact) mass is 212 g/mol. The van der Waals surface area contributed by atoms with Gasteiger partial charge in [-0.15, -0.1) is 0 Å². The van der Waals surface area contributed by atoms with Gasteiger partial charge in [0.15, 0.2) is 0 Å². The number of aliphatic hydroxyl groups is 1. The summed E-state index contributed by atoms with van der Waals surface area (Å²) < 4.78 is 5.23. The highest BCUT2D eigenvalue weighted by Gasteiger charge is 2.05. The van der Waals surface area contributed by atoms with Gasteiger partial charge in [0.25, 0.3) is 5.56 Å². The maximum atomic E-state index is 11.2. The van der Waals surface area contributed by atoms with Crippen LogP contribution in [-0.2, 0) is 0 Å². The lowest BCUT2D eigenvalue weighted by molar-refractivity contribution is 0.228. The highest BCUT2D eigenvalue weighted by atomic mass is 16.5. The number of aromatic nitrogens is 2. The van der Waals surface area contributed by atoms with Crippen LogP contribution in [0, 0.1) is 0 Å². The molecular formula is C10H16N2O3. The highest BCUT2D eigenvalue weighted by molar-refractivity contribution is 5.10. The van der Waals surface area contributed by atoms with Crippen molar-refractivity contribution in [2.45, 2.75) is 26.2 Å². The van der Waals surface area contributed by atoms with Crippen LogP contribution >= 0.6 is 0 Å². The van der Waals surface area contributed by atoms with E-state index >= 15 is 0 Å². The van der Waals surface area contributed by atoms with Gasteiger partial charge in [-0.05, 0) is 0 Å². The largest absolute Gasteiger partial charge is 0.477 e. The SMILES string of the molecule is CC(C)c1nc(OCCCO)cc(=O)[nH]1. The molecule has 0 unspecified atom stereocenters. The molecule has 1 aromatic heterocycles. The number of rotatable bonds is 5. The molecule has 15 heavy (non-hydrogen) atoms. The first-order chi connectivity index (χ1) is 7.13. The molecule has 1 heterocycles. The minimum atomic E-state index is -0.215. The van der Waals surface area contributed by atoms with E-state index in [2.05, 4.69) is 9.97 Å². The fourth-order valence-corrected chi connectivity index (χ4v) is 1.04. The first-order valence-electron chi connectivity index (χ1n) is 4.98. The van der Waals surface area contributed by atoms with Crippen molar-refractivity contribution in [2.24, 2.45) is 0 Å². The number of ether oxygens (including phenoxy) is 1. The first kappa shape index (κ1) is 11.7. The van der Waals surface area contributed by atoms with Crippen LogP contribution in [0.1, 0.15) is 32.0 Å². The zero-order valence-electron chi connectivity index (χ0n) is 8.99. The zero-order chi connectivity index (χ0) is 11.3. The van der Waals surface area contributed by atoms with Crippen molar-refractivity contribution >= 4 is 0 Å². The number of aliphatic hydroxyl groups excluding tert-OH is 1. The lowest BCUT2D eigenvalue weighted by atomic mass is 10.2. The Hall–Kier alpha value is -1.36. The molecule has 1 rings (SSSR count). The topological polar surface area (TPSA) is 75.2 Å². The molecule has 0 aliphatic heterocycles. The molecule has 0 saturated carbocycles. The molecule has 5 nitrogen and oxygen atoms in total. The van der Waals surface area contributed by atoms with Crippen molar-refractivity contribution in [2.75, 3.05) is 13.2 Å². The fraction of sp³-hybridized carbons (Fsp3) is 0.600. The van der Waals surface area contributed by atoms with Gasteiger partial charge in [0.2, 0.25) is 5.88 Å². The lowest BCUT2D eigenvalue weighted by Crippen LogP contribution is -2.13. The normalized spacial score (nSPS) is 10.7. The van der Waals surface area contributed by atoms with Crippen molar-refractivity contribution in [1.82, 2.24) is 9.97 Å². The van der Waals surface area contributed by atoms with Gasteiger partial charge in [-0.25, -0.2) is 0 Å². The summed E-state index contributed by atoms with van der Waals surface area (Å²) in [5, 5.41) is 8.57. The third kappa shape index (κ3) is 3.71. The van der Waals surface area contributed by atoms with Crippen LogP contribution in [0.15, 0.2) is 10.9 Å². The van der Waals surface area contributed by atoms with Crippen molar-refractivity contribution < 1.29 is 9.84 Å². The molecule has 0 atom stereocenters. The second kappa shape index (κ2) is 5.50. The van der Waals surface area contributed by atoms with E-state index in [1.54, 1.807) is 0 Å². The molecule has 2 N–H and O–H groups in total. The quantitative estimate of drug-likeness (QED) is 0.703. The van der Waals surface area contributed by atoms with Gasteiger partial charge in [-0.1, -0.05) is 13.8 Å². The van der Waals surface area contributed by atoms with Crippen LogP contribution in [0.3, 0.4) is 0 Å². The summed E-state index contributed by atoms with van der Waals surface area (Å²) in [7, 11) is 0. The smallest absolute Gasteiger partial charge is 0.254 e. The Morgan fingerprint density at radius 3 is 2.93 bits per heavy atom. The van der Waals surface area contributed by atoms with Gasteiger partial charge in [-0.2, -0.15) is 4.98 Å². The van der Waals surface area contributed by atoms with E-state index in [0.717, 1.165) is 0 Å². The summed E-state index contributed by atoms with van der Waals surface area (Å²) in [6.07, 6.45) is 0.533. The van der Waals surface area contributed by atoms with Crippen LogP contribution in [0.25, 0.3) is 0 Å². The average molecular weight is 212 g/mol. The van der Waals surface area contributed by atoms with Crippen LogP contribution in [0.4, 0.5) is 0 Å². The molecule has 0 amide bonds. The maximum absolute atomic E-state index is 11.2. The molecule has 0 spiro atoms. The Morgan fingerprint density at radius 1 is 1.60 bits per heavy atom. The summed E-state index contributed by atoms with van der Waals surface area (Å²) in [6, 6.07) is 1.31. The molecule has 0 aliphatic rings. The summed E-state index contributed by atoms with van der Waals surface area (Å²) in [5.41, 5.74) is -0.215. The van der Waals surface area contributed by atoms with E-state index in [4.69, 9.17) is 9.84 Å². The molecule has 0 saturated heterocycles. The van der Waals surface area contributed by atoms with E-state index in [1.165, 1.54) is 6.07 Å². The number of hydrogen-bond acceptors (Lipinski definition) is 4. The number of nitrogens with one attached hydrogen (secondary N) is 1. The number of H-pyrrole nitrogens is 1. The van der Waals surface area contributed by atoms with Gasteiger partial charge in [0.05, 0.1) is 12.7 Å². The standard InChI is InChI=1S/C10H16N2O3/c1-7(2)10-11-8(14)6-9(12-10)15-5-3-4-13/h6-7,13H,3-5H2,1-2H3,(H,11,12,14). The van der Waals surface area contributed by atoms with Crippen LogP contribution < -0.4 is 10.3 Å². The fourth-order valence-electron chi connectivity index (χ4n) is 1.04. The summed E-state index contributed by atoms with van der Waals surface area (Å²) in [4.78, 5) is 18.0. The molecule has 0 radical (unpaired) electrons. The Balaban J connectivity index is 2.75. The molecule has 0 aromatic carbocycles. The van der Waals surface area contributed by atoms with Crippen LogP contribution in [0.2, 0.25) is 0 Å². The predicted octanol–water partition coefficient (Wildman–Crippen LogP) is 0.654. The van der Waals surface area contributed by atoms with Gasteiger partial charge in [0, 0.05) is 18.9 Å². The zero-order valence-corrected chi connectivity index (χ0v) is 8.99. The van der Waals surface area contributed by atoms with Crippen molar-refractivity contribution in [1.29, 1.82) is 0 Å². The Labute approximate surface area is 88.1 Å². The molecule has 0 fully saturated rings. The Morgan fingerprint density at radius 2 is 2.33 bits per heavy atom. The third-order valence-electron chi connectivity index (χ3n) is 1.84. The van der Waals surface area contributed by atoms with E-state index in [-0.39, 0.29) is 18.1 Å². The van der Waals surface area contributed by atoms with Gasteiger partial charge >= 0.3 is 0 Å². The maximum Gasteiger partial charge on any atom is 0.254 e. The van der Waals surface area contributed by atoms with Gasteiger partial charge < -0.3 is 14.8 Å². The van der Waals surface area contributed by atoms with Crippen LogP contribution in [-0.4, -0.2) is 28.3 Å². The van der Waals surface area contributed by atoms with Crippen molar-refractivity contribution in [3.8, 4) is 5.88 Å². The van der Waals surface area contributed by atoms with E-state index in [1.807, 2.05) is 13.8 Å². The number of hydrogen-bond donors (Lipinski definition) is 2. The molecule has 5 heteroatoms. The summed E-state index contributed by atoms with van der Waals surface area (Å²) >= 11 is 0. The van der Waals surface area contributed by atoms with Crippen molar-refractivity contribution in [3.63, 3.8) is 0 Å². The molecular weight excluding hydrogens is 196 g/mol. The van der Waals surface area contributed by atoms with Crippen LogP contribution in [0.5, 0.6) is 5.88 Å². The third-order valence-corrected chi connectivity index (χ3v) is 1.84. The summed E-state index contributed by atoms with van der Waals surface area (Å²) in [5.74, 6) is 1.08. The number of nitrogens with zero attached hydrogens (tertiary/aromatic N) is 1. The van der Waals surface area contributed by atoms with E-state index < -0.39 is 0 Å². The first-order valence-corrected chi connectivity index (χ1v) is 4.98. The predicted molar refractivity (Wildman–Crippen MR) is 56.1 cm³/mol. The Bertz CT molecular complexity index is 360. The Kier molecular flexibility index (Phi) is 4.30. The second-order valence-electron chi connectivity index (χ2n) is 3.55. The van der Waals surface area contributed by atoms with Gasteiger partial charge in [0.1, 0.15) is 5.82 Å². The van der Waals surface area contributed by atoms with E-state index in [0.29, 0.717) is 24.7 Å². The average Bonchev–Trinajstić information content (AvgIpc) is 2.17. The second-order valence-corrected chi connectivity index (χ2v) is 3.55. The lowest BCUT2D eigenvalue weighted by Gasteiger charge is -2.07. The van der Waals surface area contributed by atoms with Crippen molar-refractivity contribution in [3.05, 3.63) is 22.2 Å². The molecule has 0 aliphatic carbocycles. The molecule has 84 valence electrons. The summed E-state index contributed by atoms with van der Waals surface area (Å²) in [6.45, 7) is 4.32.